The Morgan fingerprint density at radius 3 is 2.78 bits per heavy atom. The number of nitrogens with zero attached hydrogens (tertiary/aromatic N) is 4. The number of nitrogen functional groups attached to an aromatic ring is 1. The number of hydrazine groups is 1. The molecule has 2 rings (SSSR count). The number of rotatable bonds is 5. The Bertz CT molecular complexity index is 519. The van der Waals surface area contributed by atoms with E-state index in [-0.39, 0.29) is 0 Å². The van der Waals surface area contributed by atoms with Gasteiger partial charge >= 0.3 is 0 Å². The average molecular weight is 246 g/mol. The molecule has 0 atom stereocenters. The lowest BCUT2D eigenvalue weighted by Crippen LogP contribution is -2.14. The fraction of sp³-hybridized carbons (Fsp3) is 0.417. The molecule has 6 nitrogen and oxygen atoms in total. The molecule has 0 spiro atoms. The zero-order valence-electron chi connectivity index (χ0n) is 10.7. The standard InChI is InChI=1S/C12H18N6/c1-3-5-10-14-6-7-18(10)12-9(4-2)11(17-13)15-8-16-12/h6-8H,3-5,13H2,1-2H3,(H,15,16,17). The first kappa shape index (κ1) is 12.5. The van der Waals surface area contributed by atoms with Gasteiger partial charge in [-0.2, -0.15) is 0 Å². The molecule has 2 aromatic rings. The molecular weight excluding hydrogens is 228 g/mol. The van der Waals surface area contributed by atoms with Crippen molar-refractivity contribution in [2.75, 3.05) is 5.43 Å². The number of hydrogen-bond acceptors (Lipinski definition) is 5. The van der Waals surface area contributed by atoms with Gasteiger partial charge < -0.3 is 5.43 Å². The number of aromatic nitrogens is 4. The van der Waals surface area contributed by atoms with Gasteiger partial charge in [0.15, 0.2) is 0 Å². The third-order valence-electron chi connectivity index (χ3n) is 2.83. The van der Waals surface area contributed by atoms with E-state index in [0.717, 1.165) is 36.5 Å². The molecule has 6 heteroatoms. The Morgan fingerprint density at radius 1 is 1.28 bits per heavy atom. The van der Waals surface area contributed by atoms with Crippen LogP contribution in [0.4, 0.5) is 5.82 Å². The minimum Gasteiger partial charge on any atom is -0.308 e. The number of nitrogens with two attached hydrogens (primary N) is 1. The summed E-state index contributed by atoms with van der Waals surface area (Å²) in [6, 6.07) is 0. The zero-order chi connectivity index (χ0) is 13.0. The molecule has 0 aliphatic rings. The first-order valence-electron chi connectivity index (χ1n) is 6.14. The van der Waals surface area contributed by atoms with Crippen molar-refractivity contribution in [2.45, 2.75) is 33.1 Å². The van der Waals surface area contributed by atoms with Crippen LogP contribution in [0.3, 0.4) is 0 Å². The number of imidazole rings is 1. The number of nitrogens with one attached hydrogen (secondary N) is 1. The maximum Gasteiger partial charge on any atom is 0.148 e. The minimum absolute atomic E-state index is 0.665. The van der Waals surface area contributed by atoms with E-state index in [0.29, 0.717) is 5.82 Å². The van der Waals surface area contributed by atoms with Gasteiger partial charge in [0.05, 0.1) is 0 Å². The second kappa shape index (κ2) is 5.59. The summed E-state index contributed by atoms with van der Waals surface area (Å²) in [4.78, 5) is 12.9. The third-order valence-corrected chi connectivity index (χ3v) is 2.83. The van der Waals surface area contributed by atoms with Crippen LogP contribution >= 0.6 is 0 Å². The molecule has 0 fully saturated rings. The van der Waals surface area contributed by atoms with Gasteiger partial charge in [-0.15, -0.1) is 0 Å². The van der Waals surface area contributed by atoms with Gasteiger partial charge in [0, 0.05) is 24.4 Å². The molecule has 0 bridgehead atoms. The van der Waals surface area contributed by atoms with Gasteiger partial charge in [0.1, 0.15) is 23.8 Å². The topological polar surface area (TPSA) is 81.7 Å². The van der Waals surface area contributed by atoms with Crippen LogP contribution in [0.2, 0.25) is 0 Å². The van der Waals surface area contributed by atoms with Crippen molar-refractivity contribution in [1.82, 2.24) is 19.5 Å². The van der Waals surface area contributed by atoms with Gasteiger partial charge in [-0.05, 0) is 12.8 Å². The predicted molar refractivity (Wildman–Crippen MR) is 70.3 cm³/mol. The normalized spacial score (nSPS) is 10.6. The predicted octanol–water partition coefficient (Wildman–Crippen LogP) is 1.46. The molecule has 0 saturated carbocycles. The highest BCUT2D eigenvalue weighted by Crippen LogP contribution is 2.20. The summed E-state index contributed by atoms with van der Waals surface area (Å²) in [5.41, 5.74) is 3.61. The van der Waals surface area contributed by atoms with Crippen LogP contribution in [0.5, 0.6) is 0 Å². The van der Waals surface area contributed by atoms with E-state index in [1.165, 1.54) is 6.33 Å². The number of anilines is 1. The van der Waals surface area contributed by atoms with Crippen molar-refractivity contribution in [3.8, 4) is 5.82 Å². The van der Waals surface area contributed by atoms with E-state index in [4.69, 9.17) is 5.84 Å². The highest BCUT2D eigenvalue weighted by atomic mass is 15.3. The molecule has 0 radical (unpaired) electrons. The molecule has 0 aliphatic carbocycles. The highest BCUT2D eigenvalue weighted by Gasteiger charge is 2.13. The summed E-state index contributed by atoms with van der Waals surface area (Å²) in [7, 11) is 0. The Balaban J connectivity index is 2.52. The fourth-order valence-corrected chi connectivity index (χ4v) is 2.00. The van der Waals surface area contributed by atoms with Gasteiger partial charge in [-0.3, -0.25) is 4.57 Å². The minimum atomic E-state index is 0.665. The van der Waals surface area contributed by atoms with E-state index >= 15 is 0 Å². The highest BCUT2D eigenvalue weighted by molar-refractivity contribution is 5.51. The molecule has 2 heterocycles. The second-order valence-corrected chi connectivity index (χ2v) is 3.99. The summed E-state index contributed by atoms with van der Waals surface area (Å²) in [6.07, 6.45) is 8.00. The molecule has 0 saturated heterocycles. The maximum absolute atomic E-state index is 5.48. The lowest BCUT2D eigenvalue weighted by atomic mass is 10.2. The molecular formula is C12H18N6. The van der Waals surface area contributed by atoms with Gasteiger partial charge in [-0.1, -0.05) is 13.8 Å². The van der Waals surface area contributed by atoms with Crippen molar-refractivity contribution >= 4 is 5.82 Å². The quantitative estimate of drug-likeness (QED) is 0.616. The van der Waals surface area contributed by atoms with Crippen LogP contribution in [-0.2, 0) is 12.8 Å². The van der Waals surface area contributed by atoms with Crippen molar-refractivity contribution < 1.29 is 0 Å². The van der Waals surface area contributed by atoms with Gasteiger partial charge in [0.2, 0.25) is 0 Å². The summed E-state index contributed by atoms with van der Waals surface area (Å²) >= 11 is 0. The molecule has 96 valence electrons. The van der Waals surface area contributed by atoms with E-state index in [1.807, 2.05) is 10.8 Å². The van der Waals surface area contributed by atoms with E-state index < -0.39 is 0 Å². The smallest absolute Gasteiger partial charge is 0.148 e. The van der Waals surface area contributed by atoms with Crippen LogP contribution in [-0.4, -0.2) is 19.5 Å². The van der Waals surface area contributed by atoms with Crippen LogP contribution in [0.1, 0.15) is 31.7 Å². The first-order chi connectivity index (χ1) is 8.81. The monoisotopic (exact) mass is 246 g/mol. The SMILES string of the molecule is CCCc1nccn1-c1ncnc(NN)c1CC. The molecule has 18 heavy (non-hydrogen) atoms. The second-order valence-electron chi connectivity index (χ2n) is 3.99. The fourth-order valence-electron chi connectivity index (χ4n) is 2.00. The Labute approximate surface area is 106 Å². The Morgan fingerprint density at radius 2 is 2.11 bits per heavy atom. The van der Waals surface area contributed by atoms with Crippen LogP contribution in [0.25, 0.3) is 5.82 Å². The zero-order valence-corrected chi connectivity index (χ0v) is 10.7. The first-order valence-corrected chi connectivity index (χ1v) is 6.14. The summed E-state index contributed by atoms with van der Waals surface area (Å²) in [5, 5.41) is 0. The van der Waals surface area contributed by atoms with Gasteiger partial charge in [-0.25, -0.2) is 20.8 Å². The lowest BCUT2D eigenvalue weighted by molar-refractivity contribution is 0.788. The van der Waals surface area contributed by atoms with E-state index in [9.17, 15) is 0 Å². The van der Waals surface area contributed by atoms with Crippen molar-refractivity contribution in [1.29, 1.82) is 0 Å². The summed E-state index contributed by atoms with van der Waals surface area (Å²) in [5.74, 6) is 8.00. The van der Waals surface area contributed by atoms with Gasteiger partial charge in [0.25, 0.3) is 0 Å². The molecule has 2 aromatic heterocycles. The Hall–Kier alpha value is -1.95. The summed E-state index contributed by atoms with van der Waals surface area (Å²) < 4.78 is 2.00. The van der Waals surface area contributed by atoms with Crippen molar-refractivity contribution in [3.05, 3.63) is 30.1 Å². The van der Waals surface area contributed by atoms with Crippen LogP contribution in [0, 0.1) is 0 Å². The molecule has 0 aromatic carbocycles. The van der Waals surface area contributed by atoms with E-state index in [2.05, 4.69) is 34.2 Å². The maximum atomic E-state index is 5.48. The van der Waals surface area contributed by atoms with Crippen LogP contribution in [0.15, 0.2) is 18.7 Å². The van der Waals surface area contributed by atoms with E-state index in [1.54, 1.807) is 6.20 Å². The molecule has 3 N–H and O–H groups in total. The lowest BCUT2D eigenvalue weighted by Gasteiger charge is -2.13. The number of aryl methyl sites for hydroxylation is 1. The largest absolute Gasteiger partial charge is 0.308 e. The third kappa shape index (κ3) is 2.19. The molecule has 0 aliphatic heterocycles. The number of hydrogen-bond donors (Lipinski definition) is 2. The van der Waals surface area contributed by atoms with Crippen molar-refractivity contribution in [2.24, 2.45) is 5.84 Å². The van der Waals surface area contributed by atoms with Crippen LogP contribution < -0.4 is 11.3 Å². The molecule has 0 unspecified atom stereocenters. The average Bonchev–Trinajstić information content (AvgIpc) is 2.86. The Kier molecular flexibility index (Phi) is 3.88. The summed E-state index contributed by atoms with van der Waals surface area (Å²) in [6.45, 7) is 4.19. The molecule has 0 amide bonds. The van der Waals surface area contributed by atoms with Crippen molar-refractivity contribution in [3.63, 3.8) is 0 Å².